The Morgan fingerprint density at radius 1 is 0.963 bits per heavy atom. The molecule has 5 rings (SSSR count). The van der Waals surface area contributed by atoms with E-state index in [0.717, 1.165) is 48.8 Å². The highest BCUT2D eigenvalue weighted by molar-refractivity contribution is 5.63. The van der Waals surface area contributed by atoms with Gasteiger partial charge in [0.2, 0.25) is 0 Å². The Balaban J connectivity index is 1.35. The number of hydrogen-bond donors (Lipinski definition) is 0. The van der Waals surface area contributed by atoms with Crippen LogP contribution in [-0.4, -0.2) is 26.4 Å². The molecule has 0 saturated carbocycles. The second kappa shape index (κ2) is 6.85. The fourth-order valence-corrected chi connectivity index (χ4v) is 3.64. The van der Waals surface area contributed by atoms with Crippen LogP contribution < -0.4 is 0 Å². The molecule has 2 aromatic carbocycles. The zero-order chi connectivity index (χ0) is 18.1. The molecule has 3 heterocycles. The van der Waals surface area contributed by atoms with Crippen LogP contribution in [0, 0.1) is 0 Å². The van der Waals surface area contributed by atoms with Gasteiger partial charge in [0.05, 0.1) is 11.9 Å². The summed E-state index contributed by atoms with van der Waals surface area (Å²) in [5, 5.41) is 8.85. The molecule has 27 heavy (non-hydrogen) atoms. The van der Waals surface area contributed by atoms with Crippen molar-refractivity contribution in [3.05, 3.63) is 89.9 Å². The van der Waals surface area contributed by atoms with Gasteiger partial charge in [0.1, 0.15) is 11.5 Å². The van der Waals surface area contributed by atoms with Crippen molar-refractivity contribution in [1.82, 2.24) is 19.8 Å². The van der Waals surface area contributed by atoms with E-state index in [1.165, 1.54) is 11.1 Å². The molecule has 0 atom stereocenters. The highest BCUT2D eigenvalue weighted by Gasteiger charge is 2.25. The molecule has 0 saturated heterocycles. The summed E-state index contributed by atoms with van der Waals surface area (Å²) in [7, 11) is 0. The molecule has 0 fully saturated rings. The predicted octanol–water partition coefficient (Wildman–Crippen LogP) is 4.09. The summed E-state index contributed by atoms with van der Waals surface area (Å²) in [6, 6.07) is 20.5. The van der Waals surface area contributed by atoms with Crippen LogP contribution in [0.25, 0.3) is 16.9 Å². The third kappa shape index (κ3) is 3.17. The van der Waals surface area contributed by atoms with E-state index in [0.29, 0.717) is 0 Å². The van der Waals surface area contributed by atoms with Crippen LogP contribution in [-0.2, 0) is 19.5 Å². The topological polar surface area (TPSA) is 47.1 Å². The van der Waals surface area contributed by atoms with E-state index < -0.39 is 0 Å². The summed E-state index contributed by atoms with van der Waals surface area (Å²) >= 11 is 0. The SMILES string of the molecule is c1ccc(-c2noc3c2CN(Cc2cnn(-c4ccccc4)c2)CC3)cc1. The minimum absolute atomic E-state index is 0.847. The van der Waals surface area contributed by atoms with Crippen molar-refractivity contribution in [1.29, 1.82) is 0 Å². The fourth-order valence-electron chi connectivity index (χ4n) is 3.64. The van der Waals surface area contributed by atoms with Gasteiger partial charge in [0.25, 0.3) is 0 Å². The van der Waals surface area contributed by atoms with Gasteiger partial charge in [0.15, 0.2) is 0 Å². The lowest BCUT2D eigenvalue weighted by atomic mass is 10.0. The van der Waals surface area contributed by atoms with Gasteiger partial charge in [-0.15, -0.1) is 0 Å². The first-order valence-electron chi connectivity index (χ1n) is 9.21. The molecule has 0 unspecified atom stereocenters. The van der Waals surface area contributed by atoms with E-state index in [9.17, 15) is 0 Å². The van der Waals surface area contributed by atoms with E-state index >= 15 is 0 Å². The van der Waals surface area contributed by atoms with Crippen LogP contribution in [0.2, 0.25) is 0 Å². The molecule has 0 bridgehead atoms. The summed E-state index contributed by atoms with van der Waals surface area (Å²) in [5.74, 6) is 1.02. The maximum Gasteiger partial charge on any atom is 0.143 e. The zero-order valence-electron chi connectivity index (χ0n) is 15.0. The van der Waals surface area contributed by atoms with Gasteiger partial charge in [-0.2, -0.15) is 5.10 Å². The maximum absolute atomic E-state index is 5.61. The van der Waals surface area contributed by atoms with Crippen molar-refractivity contribution in [3.8, 4) is 16.9 Å². The standard InChI is InChI=1S/C22H20N4O/c1-3-7-18(8-4-1)22-20-16-25(12-11-21(20)27-24-22)14-17-13-23-26(15-17)19-9-5-2-6-10-19/h1-10,13,15H,11-12,14,16H2. The third-order valence-corrected chi connectivity index (χ3v) is 5.02. The quantitative estimate of drug-likeness (QED) is 0.553. The van der Waals surface area contributed by atoms with E-state index in [-0.39, 0.29) is 0 Å². The number of nitrogens with zero attached hydrogens (tertiary/aromatic N) is 4. The Labute approximate surface area is 157 Å². The van der Waals surface area contributed by atoms with Crippen LogP contribution in [0.15, 0.2) is 77.6 Å². The Bertz CT molecular complexity index is 1040. The predicted molar refractivity (Wildman–Crippen MR) is 103 cm³/mol. The Morgan fingerprint density at radius 2 is 1.74 bits per heavy atom. The number of hydrogen-bond acceptors (Lipinski definition) is 4. The van der Waals surface area contributed by atoms with Crippen molar-refractivity contribution in [3.63, 3.8) is 0 Å². The van der Waals surface area contributed by atoms with Gasteiger partial charge in [-0.05, 0) is 12.1 Å². The molecular formula is C22H20N4O. The van der Waals surface area contributed by atoms with Crippen LogP contribution in [0.3, 0.4) is 0 Å². The minimum Gasteiger partial charge on any atom is -0.360 e. The number of fused-ring (bicyclic) bond motifs is 1. The van der Waals surface area contributed by atoms with Crippen LogP contribution in [0.5, 0.6) is 0 Å². The highest BCUT2D eigenvalue weighted by Crippen LogP contribution is 2.30. The smallest absolute Gasteiger partial charge is 0.143 e. The number of para-hydroxylation sites is 1. The van der Waals surface area contributed by atoms with Crippen molar-refractivity contribution < 1.29 is 4.52 Å². The van der Waals surface area contributed by atoms with Crippen LogP contribution in [0.4, 0.5) is 0 Å². The molecule has 0 aliphatic carbocycles. The van der Waals surface area contributed by atoms with Gasteiger partial charge < -0.3 is 4.52 Å². The number of aromatic nitrogens is 3. The lowest BCUT2D eigenvalue weighted by Gasteiger charge is -2.25. The van der Waals surface area contributed by atoms with Crippen molar-refractivity contribution in [2.75, 3.05) is 6.54 Å². The molecule has 5 heteroatoms. The highest BCUT2D eigenvalue weighted by atomic mass is 16.5. The third-order valence-electron chi connectivity index (χ3n) is 5.02. The molecule has 0 N–H and O–H groups in total. The molecule has 5 nitrogen and oxygen atoms in total. The first kappa shape index (κ1) is 16.0. The van der Waals surface area contributed by atoms with E-state index in [4.69, 9.17) is 4.52 Å². The zero-order valence-corrected chi connectivity index (χ0v) is 15.0. The summed E-state index contributed by atoms with van der Waals surface area (Å²) in [4.78, 5) is 2.43. The van der Waals surface area contributed by atoms with E-state index in [1.807, 2.05) is 47.3 Å². The molecule has 1 aliphatic heterocycles. The summed E-state index contributed by atoms with van der Waals surface area (Å²) in [6.07, 6.45) is 4.95. The average molecular weight is 356 g/mol. The first-order valence-corrected chi connectivity index (χ1v) is 9.21. The van der Waals surface area contributed by atoms with Crippen molar-refractivity contribution in [2.24, 2.45) is 0 Å². The molecule has 134 valence electrons. The van der Waals surface area contributed by atoms with Crippen LogP contribution in [0.1, 0.15) is 16.9 Å². The number of rotatable bonds is 4. The fraction of sp³-hybridized carbons (Fsp3) is 0.182. The van der Waals surface area contributed by atoms with E-state index in [1.54, 1.807) is 0 Å². The van der Waals surface area contributed by atoms with Crippen molar-refractivity contribution >= 4 is 0 Å². The van der Waals surface area contributed by atoms with Gasteiger partial charge in [-0.1, -0.05) is 53.7 Å². The van der Waals surface area contributed by atoms with E-state index in [2.05, 4.69) is 45.6 Å². The Hall–Kier alpha value is -3.18. The molecule has 0 radical (unpaired) electrons. The Morgan fingerprint density at radius 3 is 2.56 bits per heavy atom. The Kier molecular flexibility index (Phi) is 4.07. The van der Waals surface area contributed by atoms with Crippen molar-refractivity contribution in [2.45, 2.75) is 19.5 Å². The number of benzene rings is 2. The summed E-state index contributed by atoms with van der Waals surface area (Å²) in [6.45, 7) is 2.68. The summed E-state index contributed by atoms with van der Waals surface area (Å²) in [5.41, 5.74) is 5.58. The van der Waals surface area contributed by atoms with Gasteiger partial charge in [-0.25, -0.2) is 4.68 Å². The van der Waals surface area contributed by atoms with Gasteiger partial charge >= 0.3 is 0 Å². The second-order valence-electron chi connectivity index (χ2n) is 6.89. The largest absolute Gasteiger partial charge is 0.360 e. The minimum atomic E-state index is 0.847. The van der Waals surface area contributed by atoms with Gasteiger partial charge in [0, 0.05) is 48.9 Å². The molecule has 4 aromatic rings. The summed E-state index contributed by atoms with van der Waals surface area (Å²) < 4.78 is 7.54. The molecule has 1 aliphatic rings. The first-order chi connectivity index (χ1) is 13.4. The molecule has 0 amide bonds. The lowest BCUT2D eigenvalue weighted by molar-refractivity contribution is 0.228. The monoisotopic (exact) mass is 356 g/mol. The average Bonchev–Trinajstić information content (AvgIpc) is 3.36. The molecule has 0 spiro atoms. The van der Waals surface area contributed by atoms with Crippen LogP contribution >= 0.6 is 0 Å². The van der Waals surface area contributed by atoms with Gasteiger partial charge in [-0.3, -0.25) is 4.90 Å². The molecule has 2 aromatic heterocycles. The lowest BCUT2D eigenvalue weighted by Crippen LogP contribution is -2.29. The maximum atomic E-state index is 5.61. The molecular weight excluding hydrogens is 336 g/mol. The normalized spacial score (nSPS) is 14.2. The second-order valence-corrected chi connectivity index (χ2v) is 6.89.